The van der Waals surface area contributed by atoms with E-state index in [9.17, 15) is 40.5 Å². The van der Waals surface area contributed by atoms with Crippen LogP contribution in [0.3, 0.4) is 0 Å². The molecule has 0 bridgehead atoms. The van der Waals surface area contributed by atoms with Crippen molar-refractivity contribution in [3.05, 3.63) is 60.8 Å². The van der Waals surface area contributed by atoms with Crippen molar-refractivity contribution in [3.8, 4) is 0 Å². The number of ether oxygens (including phenoxy) is 6. The Morgan fingerprint density at radius 2 is 1.08 bits per heavy atom. The molecule has 2 aliphatic heterocycles. The maximum absolute atomic E-state index is 12.9. The molecule has 2 fully saturated rings. The van der Waals surface area contributed by atoms with Gasteiger partial charge in [0.05, 0.1) is 26.4 Å². The van der Waals surface area contributed by atoms with Gasteiger partial charge in [0.2, 0.25) is 0 Å². The number of carbonyl (C=O) groups excluding carboxylic acids is 1. The summed E-state index contributed by atoms with van der Waals surface area (Å²) < 4.78 is 34.0. The minimum atomic E-state index is -1.72. The van der Waals surface area contributed by atoms with Crippen LogP contribution in [0.5, 0.6) is 0 Å². The van der Waals surface area contributed by atoms with Crippen LogP contribution in [0.4, 0.5) is 0 Å². The summed E-state index contributed by atoms with van der Waals surface area (Å²) in [5.41, 5.74) is 0. The maximum Gasteiger partial charge on any atom is 0.306 e. The summed E-state index contributed by atoms with van der Waals surface area (Å²) in [6.45, 7) is 3.40. The molecule has 0 aromatic carbocycles. The van der Waals surface area contributed by atoms with Crippen molar-refractivity contribution in [1.29, 1.82) is 0 Å². The van der Waals surface area contributed by atoms with Gasteiger partial charge >= 0.3 is 5.97 Å². The molecule has 14 nitrogen and oxygen atoms in total. The summed E-state index contributed by atoms with van der Waals surface area (Å²) in [6.07, 6.45) is 21.6. The van der Waals surface area contributed by atoms with E-state index < -0.39 is 86.7 Å². The number of allylic oxidation sites excluding steroid dienone is 10. The quantitative estimate of drug-likeness (QED) is 0.0263. The van der Waals surface area contributed by atoms with E-state index in [4.69, 9.17) is 28.4 Å². The van der Waals surface area contributed by atoms with E-state index in [0.29, 0.717) is 13.0 Å². The van der Waals surface area contributed by atoms with Crippen LogP contribution < -0.4 is 0 Å². The van der Waals surface area contributed by atoms with Crippen molar-refractivity contribution < 1.29 is 69.0 Å². The molecule has 0 aliphatic carbocycles. The topological polar surface area (TPSA) is 214 Å². The number of aliphatic hydroxyl groups is 7. The molecule has 2 saturated heterocycles. The summed E-state index contributed by atoms with van der Waals surface area (Å²) in [7, 11) is 0. The molecule has 346 valence electrons. The van der Waals surface area contributed by atoms with Gasteiger partial charge in [-0.3, -0.25) is 4.79 Å². The molecule has 2 aliphatic rings. The molecule has 14 heteroatoms. The molecule has 2 rings (SSSR count). The standard InChI is InChI=1S/C46H78O14/c1-3-5-7-9-11-13-15-16-17-18-19-21-23-25-27-29-38(48)58-35(32-55-30-28-26-24-22-20-14-12-10-8-6-4-2)33-56-45-44(54)42(52)40(50)37(60-45)34-57-46-43(53)41(51)39(49)36(31-47)59-46/h5,7-8,10-11,13,16-17,19,21,35-37,39-47,49-54H,3-4,6,9,12,14-15,18,20,22-34H2,1-2H3/b7-5-,10-8-,13-11-,17-16-,21-19-. The number of rotatable bonds is 33. The summed E-state index contributed by atoms with van der Waals surface area (Å²) in [5, 5.41) is 71.8. The number of carbonyl (C=O) groups is 1. The molecule has 2 heterocycles. The molecule has 60 heavy (non-hydrogen) atoms. The summed E-state index contributed by atoms with van der Waals surface area (Å²) >= 11 is 0. The SMILES string of the molecule is CC/C=C\C/C=C\C/C=C\C/C=C\CCCCC(=O)OC(COCCCCCCCC/C=C\CCC)COC1OC(COC2OC(CO)C(O)C(O)C2O)C(O)C(O)C1O. The fourth-order valence-electron chi connectivity index (χ4n) is 6.57. The fourth-order valence-corrected chi connectivity index (χ4v) is 6.57. The predicted octanol–water partition coefficient (Wildman–Crippen LogP) is 5.01. The number of unbranched alkanes of at least 4 members (excludes halogenated alkanes) is 9. The third-order valence-electron chi connectivity index (χ3n) is 10.2. The molecule has 11 atom stereocenters. The summed E-state index contributed by atoms with van der Waals surface area (Å²) in [4.78, 5) is 12.9. The van der Waals surface area contributed by atoms with E-state index in [-0.39, 0.29) is 19.6 Å². The maximum atomic E-state index is 12.9. The number of esters is 1. The van der Waals surface area contributed by atoms with Gasteiger partial charge in [-0.05, 0) is 70.6 Å². The molecule has 0 radical (unpaired) electrons. The van der Waals surface area contributed by atoms with Crippen molar-refractivity contribution in [2.24, 2.45) is 0 Å². The molecule has 0 spiro atoms. The zero-order chi connectivity index (χ0) is 43.8. The van der Waals surface area contributed by atoms with Gasteiger partial charge in [0.1, 0.15) is 54.9 Å². The minimum absolute atomic E-state index is 0.0371. The highest BCUT2D eigenvalue weighted by molar-refractivity contribution is 5.69. The van der Waals surface area contributed by atoms with Crippen LogP contribution in [-0.2, 0) is 33.2 Å². The van der Waals surface area contributed by atoms with E-state index in [0.717, 1.165) is 77.0 Å². The monoisotopic (exact) mass is 855 g/mol. The molecular formula is C46H78O14. The molecule has 0 aromatic rings. The molecule has 0 amide bonds. The Morgan fingerprint density at radius 1 is 0.567 bits per heavy atom. The van der Waals surface area contributed by atoms with Crippen molar-refractivity contribution in [2.45, 2.75) is 191 Å². The van der Waals surface area contributed by atoms with Crippen LogP contribution in [-0.4, -0.2) is 142 Å². The van der Waals surface area contributed by atoms with Crippen molar-refractivity contribution in [3.63, 3.8) is 0 Å². The van der Waals surface area contributed by atoms with Crippen LogP contribution in [0.2, 0.25) is 0 Å². The Kier molecular flexibility index (Phi) is 30.7. The molecule has 7 N–H and O–H groups in total. The Hall–Kier alpha value is -2.31. The predicted molar refractivity (Wildman–Crippen MR) is 229 cm³/mol. The van der Waals surface area contributed by atoms with Crippen molar-refractivity contribution >= 4 is 5.97 Å². The van der Waals surface area contributed by atoms with E-state index in [2.05, 4.69) is 74.6 Å². The first-order chi connectivity index (χ1) is 29.1. The molecular weight excluding hydrogens is 776 g/mol. The van der Waals surface area contributed by atoms with Gasteiger partial charge in [0.25, 0.3) is 0 Å². The van der Waals surface area contributed by atoms with Crippen molar-refractivity contribution in [1.82, 2.24) is 0 Å². The van der Waals surface area contributed by atoms with E-state index in [1.807, 2.05) is 0 Å². The number of hydrogen-bond donors (Lipinski definition) is 7. The molecule has 0 saturated carbocycles. The lowest BCUT2D eigenvalue weighted by Gasteiger charge is -2.42. The van der Waals surface area contributed by atoms with Gasteiger partial charge in [-0.15, -0.1) is 0 Å². The summed E-state index contributed by atoms with van der Waals surface area (Å²) in [5.74, 6) is -0.423. The first-order valence-corrected chi connectivity index (χ1v) is 22.4. The largest absolute Gasteiger partial charge is 0.457 e. The average Bonchev–Trinajstić information content (AvgIpc) is 3.24. The fraction of sp³-hybridized carbons (Fsp3) is 0.761. The second kappa shape index (κ2) is 34.2. The second-order valence-electron chi connectivity index (χ2n) is 15.5. The lowest BCUT2D eigenvalue weighted by molar-refractivity contribution is -0.332. The van der Waals surface area contributed by atoms with Crippen LogP contribution >= 0.6 is 0 Å². The third kappa shape index (κ3) is 22.7. The molecule has 11 unspecified atom stereocenters. The lowest BCUT2D eigenvalue weighted by atomic mass is 9.98. The zero-order valence-corrected chi connectivity index (χ0v) is 36.2. The van der Waals surface area contributed by atoms with Gasteiger partial charge < -0.3 is 64.2 Å². The van der Waals surface area contributed by atoms with E-state index in [1.54, 1.807) is 0 Å². The average molecular weight is 855 g/mol. The highest BCUT2D eigenvalue weighted by Crippen LogP contribution is 2.26. The van der Waals surface area contributed by atoms with Gasteiger partial charge in [-0.1, -0.05) is 107 Å². The number of aliphatic hydroxyl groups excluding tert-OH is 7. The second-order valence-corrected chi connectivity index (χ2v) is 15.5. The smallest absolute Gasteiger partial charge is 0.306 e. The Bertz CT molecular complexity index is 1220. The molecule has 0 aromatic heterocycles. The normalized spacial score (nSPS) is 28.3. The van der Waals surface area contributed by atoms with Gasteiger partial charge in [-0.25, -0.2) is 0 Å². The van der Waals surface area contributed by atoms with Gasteiger partial charge in [0.15, 0.2) is 12.6 Å². The van der Waals surface area contributed by atoms with Gasteiger partial charge in [0, 0.05) is 13.0 Å². The Balaban J connectivity index is 1.85. The highest BCUT2D eigenvalue weighted by atomic mass is 16.7. The van der Waals surface area contributed by atoms with Crippen molar-refractivity contribution in [2.75, 3.05) is 33.0 Å². The van der Waals surface area contributed by atoms with Crippen LogP contribution in [0.25, 0.3) is 0 Å². The first-order valence-electron chi connectivity index (χ1n) is 22.4. The highest BCUT2D eigenvalue weighted by Gasteiger charge is 2.47. The number of hydrogen-bond acceptors (Lipinski definition) is 14. The van der Waals surface area contributed by atoms with E-state index in [1.165, 1.54) is 19.3 Å². The third-order valence-corrected chi connectivity index (χ3v) is 10.2. The zero-order valence-electron chi connectivity index (χ0n) is 36.2. The Morgan fingerprint density at radius 3 is 1.72 bits per heavy atom. The Labute approximate surface area is 358 Å². The minimum Gasteiger partial charge on any atom is -0.457 e. The van der Waals surface area contributed by atoms with Crippen LogP contribution in [0.1, 0.15) is 123 Å². The lowest BCUT2D eigenvalue weighted by Crippen LogP contribution is -2.61. The van der Waals surface area contributed by atoms with E-state index >= 15 is 0 Å². The van der Waals surface area contributed by atoms with Crippen LogP contribution in [0, 0.1) is 0 Å². The van der Waals surface area contributed by atoms with Gasteiger partial charge in [-0.2, -0.15) is 0 Å². The summed E-state index contributed by atoms with van der Waals surface area (Å²) in [6, 6.07) is 0. The first kappa shape index (κ1) is 53.8. The van der Waals surface area contributed by atoms with Crippen LogP contribution in [0.15, 0.2) is 60.8 Å².